The molecule has 1 aliphatic heterocycles. The molecule has 5 rings (SSSR count). The summed E-state index contributed by atoms with van der Waals surface area (Å²) >= 11 is 0. The average Bonchev–Trinajstić information content (AvgIpc) is 2.96. The highest BCUT2D eigenvalue weighted by atomic mass is 19.1. The third-order valence-electron chi connectivity index (χ3n) is 7.02. The molecule has 212 valence electrons. The summed E-state index contributed by atoms with van der Waals surface area (Å²) in [6.07, 6.45) is 1.39. The number of rotatable bonds is 8. The van der Waals surface area contributed by atoms with Crippen molar-refractivity contribution in [2.75, 3.05) is 55.9 Å². The molecule has 0 bridgehead atoms. The molecule has 1 fully saturated rings. The number of amides is 1. The zero-order valence-electron chi connectivity index (χ0n) is 23.6. The third-order valence-corrected chi connectivity index (χ3v) is 7.02. The second-order valence-electron chi connectivity index (χ2n) is 10.00. The highest BCUT2D eigenvalue weighted by molar-refractivity contribution is 6.06. The maximum atomic E-state index is 15.1. The van der Waals surface area contributed by atoms with Gasteiger partial charge in [-0.25, -0.2) is 9.37 Å². The molecule has 0 spiro atoms. The Morgan fingerprint density at radius 3 is 2.37 bits per heavy atom. The van der Waals surface area contributed by atoms with Crippen LogP contribution in [-0.4, -0.2) is 61.1 Å². The molecule has 3 aromatic carbocycles. The molecule has 10 heteroatoms. The number of aryl methyl sites for hydroxylation is 2. The standard InChI is InChI=1S/C31H33FN6O3/c1-20-7-5-8-21(2)28(20)35-29(39)25-19-33-31(36-30(25)41-24-10-6-9-23(18-24)40-4)34-22-11-12-27(26(32)17-22)38-15-13-37(3)14-16-38/h5-12,17-19H,13-16H2,1-4H3,(H,35,39)(H,33,34,36). The van der Waals surface area contributed by atoms with Gasteiger partial charge in [0.1, 0.15) is 22.9 Å². The number of carbonyl (C=O) groups excluding carboxylic acids is 1. The Morgan fingerprint density at radius 2 is 1.66 bits per heavy atom. The van der Waals surface area contributed by atoms with E-state index >= 15 is 4.39 Å². The van der Waals surface area contributed by atoms with Gasteiger partial charge in [-0.1, -0.05) is 24.3 Å². The van der Waals surface area contributed by atoms with Gasteiger partial charge in [-0.3, -0.25) is 4.79 Å². The molecule has 0 radical (unpaired) electrons. The van der Waals surface area contributed by atoms with Crippen LogP contribution in [0.25, 0.3) is 0 Å². The number of hydrogen-bond acceptors (Lipinski definition) is 8. The topological polar surface area (TPSA) is 91.9 Å². The first kappa shape index (κ1) is 27.9. The summed E-state index contributed by atoms with van der Waals surface area (Å²) in [4.78, 5) is 26.5. The predicted molar refractivity (Wildman–Crippen MR) is 158 cm³/mol. The predicted octanol–water partition coefficient (Wildman–Crippen LogP) is 5.78. The average molecular weight is 557 g/mol. The zero-order chi connectivity index (χ0) is 28.9. The number of hydrogen-bond donors (Lipinski definition) is 2. The summed E-state index contributed by atoms with van der Waals surface area (Å²) in [5.74, 6) is 0.448. The number of carbonyl (C=O) groups is 1. The van der Waals surface area contributed by atoms with Crippen LogP contribution in [0.15, 0.2) is 66.9 Å². The lowest BCUT2D eigenvalue weighted by atomic mass is 10.1. The maximum absolute atomic E-state index is 15.1. The van der Waals surface area contributed by atoms with Crippen molar-refractivity contribution in [3.63, 3.8) is 0 Å². The maximum Gasteiger partial charge on any atom is 0.262 e. The van der Waals surface area contributed by atoms with Gasteiger partial charge in [-0.05, 0) is 62.4 Å². The Morgan fingerprint density at radius 1 is 0.951 bits per heavy atom. The van der Waals surface area contributed by atoms with Crippen molar-refractivity contribution in [1.82, 2.24) is 14.9 Å². The molecule has 1 aliphatic rings. The summed E-state index contributed by atoms with van der Waals surface area (Å²) in [6, 6.07) is 17.7. The van der Waals surface area contributed by atoms with Crippen LogP contribution in [-0.2, 0) is 0 Å². The highest BCUT2D eigenvalue weighted by Gasteiger charge is 2.21. The van der Waals surface area contributed by atoms with Crippen LogP contribution >= 0.6 is 0 Å². The van der Waals surface area contributed by atoms with Crippen molar-refractivity contribution in [3.05, 3.63) is 89.4 Å². The molecular formula is C31H33FN6O3. The zero-order valence-corrected chi connectivity index (χ0v) is 23.6. The number of benzene rings is 3. The lowest BCUT2D eigenvalue weighted by molar-refractivity contribution is 0.102. The van der Waals surface area contributed by atoms with E-state index in [9.17, 15) is 4.79 Å². The van der Waals surface area contributed by atoms with Crippen molar-refractivity contribution in [3.8, 4) is 17.4 Å². The molecule has 2 N–H and O–H groups in total. The molecule has 1 saturated heterocycles. The molecule has 2 heterocycles. The summed E-state index contributed by atoms with van der Waals surface area (Å²) in [5.41, 5.74) is 3.73. The number of halogens is 1. The Bertz CT molecular complexity index is 1530. The van der Waals surface area contributed by atoms with Gasteiger partial charge in [0.05, 0.1) is 12.8 Å². The van der Waals surface area contributed by atoms with Gasteiger partial charge in [0.2, 0.25) is 11.8 Å². The van der Waals surface area contributed by atoms with Crippen LogP contribution in [0.1, 0.15) is 21.5 Å². The molecule has 41 heavy (non-hydrogen) atoms. The molecular weight excluding hydrogens is 523 g/mol. The molecule has 9 nitrogen and oxygen atoms in total. The smallest absolute Gasteiger partial charge is 0.262 e. The van der Waals surface area contributed by atoms with Crippen molar-refractivity contribution in [2.45, 2.75) is 13.8 Å². The number of piperazine rings is 1. The highest BCUT2D eigenvalue weighted by Crippen LogP contribution is 2.30. The Kier molecular flexibility index (Phi) is 8.30. The van der Waals surface area contributed by atoms with Crippen LogP contribution in [0.4, 0.5) is 27.4 Å². The Labute approximate surface area is 238 Å². The number of methoxy groups -OCH3 is 1. The van der Waals surface area contributed by atoms with Gasteiger partial charge >= 0.3 is 0 Å². The van der Waals surface area contributed by atoms with E-state index < -0.39 is 5.91 Å². The van der Waals surface area contributed by atoms with Crippen LogP contribution < -0.4 is 25.0 Å². The largest absolute Gasteiger partial charge is 0.497 e. The van der Waals surface area contributed by atoms with Crippen molar-refractivity contribution < 1.29 is 18.7 Å². The van der Waals surface area contributed by atoms with Crippen LogP contribution in [0.2, 0.25) is 0 Å². The molecule has 4 aromatic rings. The number of aromatic nitrogens is 2. The second-order valence-corrected chi connectivity index (χ2v) is 10.00. The molecule has 0 aliphatic carbocycles. The Hall–Kier alpha value is -4.70. The quantitative estimate of drug-likeness (QED) is 0.282. The number of para-hydroxylation sites is 1. The van der Waals surface area contributed by atoms with E-state index in [1.807, 2.05) is 36.9 Å². The van der Waals surface area contributed by atoms with E-state index in [0.717, 1.165) is 37.3 Å². The lowest BCUT2D eigenvalue weighted by Gasteiger charge is -2.34. The summed E-state index contributed by atoms with van der Waals surface area (Å²) in [6.45, 7) is 7.14. The summed E-state index contributed by atoms with van der Waals surface area (Å²) in [5, 5.41) is 6.00. The number of nitrogens with one attached hydrogen (secondary N) is 2. The summed E-state index contributed by atoms with van der Waals surface area (Å²) in [7, 11) is 3.62. The minimum atomic E-state index is -0.422. The lowest BCUT2D eigenvalue weighted by Crippen LogP contribution is -2.44. The molecule has 0 unspecified atom stereocenters. The SMILES string of the molecule is COc1cccc(Oc2nc(Nc3ccc(N4CCN(C)CC4)c(F)c3)ncc2C(=O)Nc2c(C)cccc2C)c1. The molecule has 1 aromatic heterocycles. The fourth-order valence-corrected chi connectivity index (χ4v) is 4.65. The van der Waals surface area contributed by atoms with Gasteiger partial charge in [0.25, 0.3) is 5.91 Å². The first-order chi connectivity index (χ1) is 19.8. The van der Waals surface area contributed by atoms with Gasteiger partial charge in [0, 0.05) is 49.8 Å². The van der Waals surface area contributed by atoms with Crippen LogP contribution in [0, 0.1) is 19.7 Å². The number of ether oxygens (including phenoxy) is 2. The van der Waals surface area contributed by atoms with Crippen LogP contribution in [0.5, 0.6) is 17.4 Å². The first-order valence-corrected chi connectivity index (χ1v) is 13.4. The molecule has 0 saturated carbocycles. The van der Waals surface area contributed by atoms with Gasteiger partial charge < -0.3 is 29.9 Å². The molecule has 0 atom stereocenters. The second kappa shape index (κ2) is 12.2. The van der Waals surface area contributed by atoms with Crippen molar-refractivity contribution in [2.24, 2.45) is 0 Å². The van der Waals surface area contributed by atoms with E-state index in [4.69, 9.17) is 9.47 Å². The van der Waals surface area contributed by atoms with E-state index in [0.29, 0.717) is 28.6 Å². The van der Waals surface area contributed by atoms with E-state index in [1.54, 1.807) is 43.5 Å². The third kappa shape index (κ3) is 6.55. The van der Waals surface area contributed by atoms with Crippen molar-refractivity contribution in [1.29, 1.82) is 0 Å². The fraction of sp³-hybridized carbons (Fsp3) is 0.258. The van der Waals surface area contributed by atoms with E-state index in [2.05, 4.69) is 32.5 Å². The first-order valence-electron chi connectivity index (χ1n) is 13.4. The van der Waals surface area contributed by atoms with E-state index in [-0.39, 0.29) is 23.2 Å². The van der Waals surface area contributed by atoms with Gasteiger partial charge in [-0.2, -0.15) is 4.98 Å². The number of likely N-dealkylation sites (N-methyl/N-ethyl adjacent to an activating group) is 1. The fourth-order valence-electron chi connectivity index (χ4n) is 4.65. The number of nitrogens with zero attached hydrogens (tertiary/aromatic N) is 4. The Balaban J connectivity index is 1.42. The number of anilines is 4. The minimum absolute atomic E-state index is 0.0361. The van der Waals surface area contributed by atoms with E-state index in [1.165, 1.54) is 12.3 Å². The minimum Gasteiger partial charge on any atom is -0.497 e. The monoisotopic (exact) mass is 556 g/mol. The summed E-state index contributed by atoms with van der Waals surface area (Å²) < 4.78 is 26.5. The van der Waals surface area contributed by atoms with Gasteiger partial charge in [-0.15, -0.1) is 0 Å². The van der Waals surface area contributed by atoms with Crippen LogP contribution in [0.3, 0.4) is 0 Å². The molecule has 1 amide bonds. The normalized spacial score (nSPS) is 13.5. The van der Waals surface area contributed by atoms with Crippen molar-refractivity contribution >= 4 is 28.9 Å². The van der Waals surface area contributed by atoms with Gasteiger partial charge in [0.15, 0.2) is 0 Å².